The molecule has 1 heterocycles. The average molecular weight is 217 g/mol. The van der Waals surface area contributed by atoms with E-state index in [0.717, 1.165) is 4.90 Å². The molecule has 1 aromatic carbocycles. The second-order valence-electron chi connectivity index (χ2n) is 3.30. The van der Waals surface area contributed by atoms with Crippen LogP contribution in [0.5, 0.6) is 0 Å². The van der Waals surface area contributed by atoms with Gasteiger partial charge in [0.1, 0.15) is 0 Å². The Hall–Kier alpha value is -2.30. The molecule has 0 saturated heterocycles. The third-order valence-corrected chi connectivity index (χ3v) is 2.13. The summed E-state index contributed by atoms with van der Waals surface area (Å²) in [6.45, 7) is 0. The van der Waals surface area contributed by atoms with E-state index in [9.17, 15) is 4.79 Å². The number of para-hydroxylation sites is 1. The second-order valence-corrected chi connectivity index (χ2v) is 3.30. The van der Waals surface area contributed by atoms with Crippen LogP contribution in [0.3, 0.4) is 0 Å². The van der Waals surface area contributed by atoms with Gasteiger partial charge in [-0.2, -0.15) is 5.10 Å². The van der Waals surface area contributed by atoms with E-state index in [-0.39, 0.29) is 0 Å². The summed E-state index contributed by atoms with van der Waals surface area (Å²) in [5.74, 6) is 0.390. The largest absolute Gasteiger partial charge is 0.464 e. The van der Waals surface area contributed by atoms with Gasteiger partial charge in [0.15, 0.2) is 5.82 Å². The van der Waals surface area contributed by atoms with Gasteiger partial charge in [-0.15, -0.1) is 0 Å². The number of anilines is 2. The number of rotatable bonds is 2. The SMILES string of the molecule is Cn1ccc(N(C(=O)O)c2ccccc2)n1. The number of aromatic nitrogens is 2. The fourth-order valence-corrected chi connectivity index (χ4v) is 1.44. The summed E-state index contributed by atoms with van der Waals surface area (Å²) >= 11 is 0. The van der Waals surface area contributed by atoms with E-state index < -0.39 is 6.09 Å². The monoisotopic (exact) mass is 217 g/mol. The number of carbonyl (C=O) groups is 1. The summed E-state index contributed by atoms with van der Waals surface area (Å²) in [4.78, 5) is 12.3. The third-order valence-electron chi connectivity index (χ3n) is 2.13. The number of hydrogen-bond donors (Lipinski definition) is 1. The average Bonchev–Trinajstić information content (AvgIpc) is 2.66. The van der Waals surface area contributed by atoms with Crippen LogP contribution in [0.25, 0.3) is 0 Å². The predicted octanol–water partition coefficient (Wildman–Crippen LogP) is 2.24. The van der Waals surface area contributed by atoms with Crippen LogP contribution in [0.15, 0.2) is 42.6 Å². The molecule has 0 saturated carbocycles. The highest BCUT2D eigenvalue weighted by Crippen LogP contribution is 2.22. The third kappa shape index (κ3) is 1.88. The number of nitrogens with zero attached hydrogens (tertiary/aromatic N) is 3. The van der Waals surface area contributed by atoms with Crippen molar-refractivity contribution in [1.29, 1.82) is 0 Å². The smallest absolute Gasteiger partial charge is 0.417 e. The highest BCUT2D eigenvalue weighted by molar-refractivity contribution is 5.93. The van der Waals surface area contributed by atoms with E-state index in [2.05, 4.69) is 5.10 Å². The number of hydrogen-bond acceptors (Lipinski definition) is 2. The van der Waals surface area contributed by atoms with Crippen LogP contribution >= 0.6 is 0 Å². The lowest BCUT2D eigenvalue weighted by atomic mass is 10.3. The van der Waals surface area contributed by atoms with Crippen molar-refractivity contribution >= 4 is 17.6 Å². The highest BCUT2D eigenvalue weighted by atomic mass is 16.4. The fourth-order valence-electron chi connectivity index (χ4n) is 1.44. The van der Waals surface area contributed by atoms with Gasteiger partial charge in [0.05, 0.1) is 5.69 Å². The molecule has 0 aliphatic rings. The first-order valence-electron chi connectivity index (χ1n) is 4.76. The summed E-state index contributed by atoms with van der Waals surface area (Å²) in [6, 6.07) is 10.5. The molecule has 82 valence electrons. The Balaban J connectivity index is 2.43. The van der Waals surface area contributed by atoms with Crippen LogP contribution in [0.2, 0.25) is 0 Å². The van der Waals surface area contributed by atoms with Crippen molar-refractivity contribution in [2.24, 2.45) is 7.05 Å². The van der Waals surface area contributed by atoms with Gasteiger partial charge in [-0.25, -0.2) is 9.69 Å². The van der Waals surface area contributed by atoms with E-state index in [1.165, 1.54) is 0 Å². The van der Waals surface area contributed by atoms with E-state index in [1.807, 2.05) is 6.07 Å². The van der Waals surface area contributed by atoms with Crippen molar-refractivity contribution in [2.75, 3.05) is 4.90 Å². The van der Waals surface area contributed by atoms with Crippen LogP contribution in [0, 0.1) is 0 Å². The molecule has 0 aliphatic carbocycles. The first-order chi connectivity index (χ1) is 7.68. The second kappa shape index (κ2) is 4.06. The molecule has 0 spiro atoms. The Labute approximate surface area is 92.5 Å². The Kier molecular flexibility index (Phi) is 2.59. The van der Waals surface area contributed by atoms with Crippen molar-refractivity contribution in [3.8, 4) is 0 Å². The molecular weight excluding hydrogens is 206 g/mol. The maximum Gasteiger partial charge on any atom is 0.417 e. The van der Waals surface area contributed by atoms with Crippen molar-refractivity contribution in [2.45, 2.75) is 0 Å². The molecule has 2 aromatic rings. The molecule has 0 radical (unpaired) electrons. The van der Waals surface area contributed by atoms with Crippen molar-refractivity contribution in [1.82, 2.24) is 9.78 Å². The number of benzene rings is 1. The normalized spacial score (nSPS) is 10.1. The van der Waals surface area contributed by atoms with Gasteiger partial charge in [0.25, 0.3) is 0 Å². The van der Waals surface area contributed by atoms with E-state index >= 15 is 0 Å². The molecule has 1 N–H and O–H groups in total. The summed E-state index contributed by atoms with van der Waals surface area (Å²) in [5, 5.41) is 13.2. The molecule has 1 amide bonds. The van der Waals surface area contributed by atoms with Gasteiger partial charge in [0.2, 0.25) is 0 Å². The van der Waals surface area contributed by atoms with Gasteiger partial charge in [0, 0.05) is 19.3 Å². The van der Waals surface area contributed by atoms with Gasteiger partial charge in [-0.3, -0.25) is 4.68 Å². The molecule has 0 atom stereocenters. The fraction of sp³-hybridized carbons (Fsp3) is 0.0909. The standard InChI is InChI=1S/C11H11N3O2/c1-13-8-7-10(12-13)14(11(15)16)9-5-3-2-4-6-9/h2-8H,1H3,(H,15,16). The maximum atomic E-state index is 11.2. The van der Waals surface area contributed by atoms with E-state index in [0.29, 0.717) is 11.5 Å². The quantitative estimate of drug-likeness (QED) is 0.839. The zero-order valence-electron chi connectivity index (χ0n) is 8.74. The molecule has 0 unspecified atom stereocenters. The molecule has 0 aliphatic heterocycles. The van der Waals surface area contributed by atoms with Crippen LogP contribution in [-0.2, 0) is 7.05 Å². The molecule has 5 heteroatoms. The van der Waals surface area contributed by atoms with Gasteiger partial charge >= 0.3 is 6.09 Å². The van der Waals surface area contributed by atoms with Crippen LogP contribution < -0.4 is 4.90 Å². The molecule has 0 fully saturated rings. The van der Waals surface area contributed by atoms with Crippen LogP contribution in [0.1, 0.15) is 0 Å². The summed E-state index contributed by atoms with van der Waals surface area (Å²) in [6.07, 6.45) is 0.652. The Morgan fingerprint density at radius 2 is 2.00 bits per heavy atom. The van der Waals surface area contributed by atoms with Crippen molar-refractivity contribution in [3.63, 3.8) is 0 Å². The number of carboxylic acid groups (broad SMARTS) is 1. The number of amides is 1. The number of aryl methyl sites for hydroxylation is 1. The van der Waals surface area contributed by atoms with Crippen LogP contribution in [-0.4, -0.2) is 21.0 Å². The summed E-state index contributed by atoms with van der Waals surface area (Å²) in [5.41, 5.74) is 0.578. The lowest BCUT2D eigenvalue weighted by Crippen LogP contribution is -2.24. The Morgan fingerprint density at radius 1 is 1.31 bits per heavy atom. The van der Waals surface area contributed by atoms with E-state index in [1.54, 1.807) is 48.3 Å². The summed E-state index contributed by atoms with van der Waals surface area (Å²) in [7, 11) is 1.74. The lowest BCUT2D eigenvalue weighted by Gasteiger charge is -2.15. The molecule has 2 rings (SSSR count). The molecule has 5 nitrogen and oxygen atoms in total. The minimum Gasteiger partial charge on any atom is -0.464 e. The first kappa shape index (κ1) is 10.2. The highest BCUT2D eigenvalue weighted by Gasteiger charge is 2.18. The van der Waals surface area contributed by atoms with E-state index in [4.69, 9.17) is 5.11 Å². The first-order valence-corrected chi connectivity index (χ1v) is 4.76. The van der Waals surface area contributed by atoms with Gasteiger partial charge < -0.3 is 5.11 Å². The Morgan fingerprint density at radius 3 is 2.50 bits per heavy atom. The molecule has 16 heavy (non-hydrogen) atoms. The lowest BCUT2D eigenvalue weighted by molar-refractivity contribution is 0.204. The van der Waals surface area contributed by atoms with Gasteiger partial charge in [-0.1, -0.05) is 18.2 Å². The predicted molar refractivity (Wildman–Crippen MR) is 59.8 cm³/mol. The molecule has 1 aromatic heterocycles. The Bertz CT molecular complexity index is 493. The van der Waals surface area contributed by atoms with Gasteiger partial charge in [-0.05, 0) is 12.1 Å². The topological polar surface area (TPSA) is 58.4 Å². The zero-order chi connectivity index (χ0) is 11.5. The minimum atomic E-state index is -1.05. The minimum absolute atomic E-state index is 0.390. The van der Waals surface area contributed by atoms with Crippen molar-refractivity contribution < 1.29 is 9.90 Å². The zero-order valence-corrected chi connectivity index (χ0v) is 8.74. The van der Waals surface area contributed by atoms with Crippen LogP contribution in [0.4, 0.5) is 16.3 Å². The maximum absolute atomic E-state index is 11.2. The van der Waals surface area contributed by atoms with Crippen molar-refractivity contribution in [3.05, 3.63) is 42.6 Å². The molecular formula is C11H11N3O2. The summed E-state index contributed by atoms with van der Waals surface area (Å²) < 4.78 is 1.56. The molecule has 0 bridgehead atoms.